The SMILES string of the molecule is CC[C@H](C)[C@H](NC(=O)OCC1c2ccccc2-c2ccccc21)C(=O)NC(CN(C)Cc1ccccc1)C(=O)O. The van der Waals surface area contributed by atoms with E-state index in [0.29, 0.717) is 13.0 Å². The van der Waals surface area contributed by atoms with Gasteiger partial charge in [-0.1, -0.05) is 99.1 Å². The van der Waals surface area contributed by atoms with Gasteiger partial charge in [-0.3, -0.25) is 9.69 Å². The van der Waals surface area contributed by atoms with Crippen LogP contribution in [0.2, 0.25) is 0 Å². The van der Waals surface area contributed by atoms with E-state index in [0.717, 1.165) is 27.8 Å². The highest BCUT2D eigenvalue weighted by Gasteiger charge is 2.32. The summed E-state index contributed by atoms with van der Waals surface area (Å²) >= 11 is 0. The Hall–Kier alpha value is -4.17. The highest BCUT2D eigenvalue weighted by molar-refractivity contribution is 5.89. The smallest absolute Gasteiger partial charge is 0.407 e. The van der Waals surface area contributed by atoms with E-state index in [1.807, 2.05) is 85.5 Å². The van der Waals surface area contributed by atoms with E-state index in [2.05, 4.69) is 22.8 Å². The van der Waals surface area contributed by atoms with Gasteiger partial charge in [-0.25, -0.2) is 9.59 Å². The maximum atomic E-state index is 13.3. The third kappa shape index (κ3) is 6.87. The standard InChI is InChI=1S/C32H37N3O5/c1-4-21(2)29(30(36)33-28(31(37)38)19-35(3)18-22-12-6-5-7-13-22)34-32(39)40-20-27-25-16-10-8-14-23(25)24-15-9-11-17-26(24)27/h5-17,21,27-29H,4,18-20H2,1-3H3,(H,33,36)(H,34,39)(H,37,38)/t21-,28?,29-/m0/s1. The Bertz CT molecular complexity index is 1280. The van der Waals surface area contributed by atoms with Gasteiger partial charge in [0.05, 0.1) is 0 Å². The fourth-order valence-corrected chi connectivity index (χ4v) is 5.19. The molecule has 0 saturated carbocycles. The molecule has 40 heavy (non-hydrogen) atoms. The molecule has 8 heteroatoms. The molecular formula is C32H37N3O5. The lowest BCUT2D eigenvalue weighted by molar-refractivity contribution is -0.142. The van der Waals surface area contributed by atoms with Crippen molar-refractivity contribution in [2.45, 2.75) is 44.8 Å². The molecule has 1 aliphatic rings. The largest absolute Gasteiger partial charge is 0.480 e. The number of amides is 2. The molecule has 0 spiro atoms. The average molecular weight is 544 g/mol. The predicted octanol–water partition coefficient (Wildman–Crippen LogP) is 4.64. The van der Waals surface area contributed by atoms with Crippen LogP contribution in [0.4, 0.5) is 4.79 Å². The minimum Gasteiger partial charge on any atom is -0.480 e. The molecular weight excluding hydrogens is 506 g/mol. The van der Waals surface area contributed by atoms with Gasteiger partial charge >= 0.3 is 12.1 Å². The number of ether oxygens (including phenoxy) is 1. The van der Waals surface area contributed by atoms with E-state index in [9.17, 15) is 19.5 Å². The van der Waals surface area contributed by atoms with Gasteiger partial charge in [0.1, 0.15) is 18.7 Å². The number of carboxylic acids is 1. The first-order valence-corrected chi connectivity index (χ1v) is 13.7. The molecule has 0 aliphatic heterocycles. The molecule has 1 aliphatic carbocycles. The van der Waals surface area contributed by atoms with Crippen LogP contribution in [0, 0.1) is 5.92 Å². The topological polar surface area (TPSA) is 108 Å². The van der Waals surface area contributed by atoms with Crippen molar-refractivity contribution in [3.63, 3.8) is 0 Å². The minimum atomic E-state index is -1.14. The number of nitrogens with zero attached hydrogens (tertiary/aromatic N) is 1. The maximum Gasteiger partial charge on any atom is 0.407 e. The number of likely N-dealkylation sites (N-methyl/N-ethyl adjacent to an activating group) is 1. The van der Waals surface area contributed by atoms with Gasteiger partial charge in [0.2, 0.25) is 5.91 Å². The molecule has 2 amide bonds. The summed E-state index contributed by atoms with van der Waals surface area (Å²) in [5, 5.41) is 15.1. The van der Waals surface area contributed by atoms with Crippen molar-refractivity contribution in [1.29, 1.82) is 0 Å². The van der Waals surface area contributed by atoms with Crippen LogP contribution in [0.5, 0.6) is 0 Å². The molecule has 3 N–H and O–H groups in total. The Balaban J connectivity index is 1.38. The summed E-state index contributed by atoms with van der Waals surface area (Å²) in [7, 11) is 1.80. The third-order valence-electron chi connectivity index (χ3n) is 7.52. The number of carbonyl (C=O) groups excluding carboxylic acids is 2. The summed E-state index contributed by atoms with van der Waals surface area (Å²) < 4.78 is 5.64. The Morgan fingerprint density at radius 1 is 0.900 bits per heavy atom. The van der Waals surface area contributed by atoms with E-state index in [-0.39, 0.29) is 25.0 Å². The van der Waals surface area contributed by atoms with Crippen molar-refractivity contribution in [2.75, 3.05) is 20.2 Å². The molecule has 1 unspecified atom stereocenters. The molecule has 8 nitrogen and oxygen atoms in total. The normalized spacial score (nSPS) is 14.5. The number of carboxylic acid groups (broad SMARTS) is 1. The first kappa shape index (κ1) is 28.8. The van der Waals surface area contributed by atoms with Gasteiger partial charge in [-0.2, -0.15) is 0 Å². The quantitative estimate of drug-likeness (QED) is 0.307. The van der Waals surface area contributed by atoms with Crippen LogP contribution in [-0.4, -0.2) is 60.3 Å². The first-order chi connectivity index (χ1) is 19.3. The van der Waals surface area contributed by atoms with Crippen LogP contribution in [0.25, 0.3) is 11.1 Å². The fraction of sp³-hybridized carbons (Fsp3) is 0.344. The molecule has 210 valence electrons. The van der Waals surface area contributed by atoms with E-state index in [4.69, 9.17) is 4.74 Å². The van der Waals surface area contributed by atoms with Gasteiger partial charge in [-0.05, 0) is 40.8 Å². The number of carbonyl (C=O) groups is 3. The number of hydrogen-bond acceptors (Lipinski definition) is 5. The first-order valence-electron chi connectivity index (χ1n) is 13.7. The van der Waals surface area contributed by atoms with Crippen LogP contribution in [0.3, 0.4) is 0 Å². The Kier molecular flexibility index (Phi) is 9.56. The zero-order valence-electron chi connectivity index (χ0n) is 23.2. The second kappa shape index (κ2) is 13.3. The summed E-state index contributed by atoms with van der Waals surface area (Å²) in [5.74, 6) is -2.04. The van der Waals surface area contributed by atoms with Crippen LogP contribution in [-0.2, 0) is 20.9 Å². The molecule has 3 atom stereocenters. The number of aliphatic carboxylic acids is 1. The minimum absolute atomic E-state index is 0.105. The van der Waals surface area contributed by atoms with Gasteiger partial charge in [-0.15, -0.1) is 0 Å². The molecule has 0 aromatic heterocycles. The molecule has 4 rings (SSSR count). The van der Waals surface area contributed by atoms with Gasteiger partial charge < -0.3 is 20.5 Å². The highest BCUT2D eigenvalue weighted by Crippen LogP contribution is 2.44. The fourth-order valence-electron chi connectivity index (χ4n) is 5.19. The molecule has 3 aromatic rings. The summed E-state index contributed by atoms with van der Waals surface area (Å²) in [6.45, 7) is 4.51. The molecule has 0 saturated heterocycles. The lowest BCUT2D eigenvalue weighted by Crippen LogP contribution is -2.56. The highest BCUT2D eigenvalue weighted by atomic mass is 16.5. The number of benzene rings is 3. The summed E-state index contributed by atoms with van der Waals surface area (Å²) in [5.41, 5.74) is 5.48. The van der Waals surface area contributed by atoms with E-state index in [1.165, 1.54) is 0 Å². The van der Waals surface area contributed by atoms with E-state index < -0.39 is 30.1 Å². The summed E-state index contributed by atoms with van der Waals surface area (Å²) in [4.78, 5) is 40.0. The third-order valence-corrected chi connectivity index (χ3v) is 7.52. The molecule has 0 heterocycles. The Labute approximate surface area is 235 Å². The van der Waals surface area contributed by atoms with Crippen molar-refractivity contribution < 1.29 is 24.2 Å². The summed E-state index contributed by atoms with van der Waals surface area (Å²) in [6.07, 6.45) is -0.108. The van der Waals surface area contributed by atoms with Gasteiger partial charge in [0.25, 0.3) is 0 Å². The van der Waals surface area contributed by atoms with Crippen molar-refractivity contribution in [1.82, 2.24) is 15.5 Å². The van der Waals surface area contributed by atoms with Crippen LogP contribution in [0.15, 0.2) is 78.9 Å². The molecule has 0 bridgehead atoms. The van der Waals surface area contributed by atoms with Crippen LogP contribution in [0.1, 0.15) is 42.9 Å². The predicted molar refractivity (Wildman–Crippen MR) is 154 cm³/mol. The van der Waals surface area contributed by atoms with Gasteiger partial charge in [0.15, 0.2) is 0 Å². The van der Waals surface area contributed by atoms with Crippen molar-refractivity contribution in [2.24, 2.45) is 5.92 Å². The Morgan fingerprint density at radius 3 is 2.05 bits per heavy atom. The van der Waals surface area contributed by atoms with E-state index >= 15 is 0 Å². The number of fused-ring (bicyclic) bond motifs is 3. The lowest BCUT2D eigenvalue weighted by atomic mass is 9.98. The number of nitrogens with one attached hydrogen (secondary N) is 2. The average Bonchev–Trinajstić information content (AvgIpc) is 3.28. The molecule has 0 fully saturated rings. The van der Waals surface area contributed by atoms with Crippen LogP contribution >= 0.6 is 0 Å². The lowest BCUT2D eigenvalue weighted by Gasteiger charge is -2.27. The second-order valence-corrected chi connectivity index (χ2v) is 10.4. The summed E-state index contributed by atoms with van der Waals surface area (Å²) in [6, 6.07) is 23.7. The number of rotatable bonds is 12. The number of alkyl carbamates (subject to hydrolysis) is 1. The Morgan fingerprint density at radius 2 is 1.48 bits per heavy atom. The van der Waals surface area contributed by atoms with Crippen molar-refractivity contribution in [3.05, 3.63) is 95.6 Å². The van der Waals surface area contributed by atoms with Gasteiger partial charge in [0, 0.05) is 19.0 Å². The monoisotopic (exact) mass is 543 g/mol. The van der Waals surface area contributed by atoms with Crippen LogP contribution < -0.4 is 10.6 Å². The zero-order chi connectivity index (χ0) is 28.6. The van der Waals surface area contributed by atoms with E-state index in [1.54, 1.807) is 7.05 Å². The maximum absolute atomic E-state index is 13.3. The number of hydrogen-bond donors (Lipinski definition) is 3. The molecule has 0 radical (unpaired) electrons. The van der Waals surface area contributed by atoms with Crippen molar-refractivity contribution >= 4 is 18.0 Å². The second-order valence-electron chi connectivity index (χ2n) is 10.4. The molecule has 3 aromatic carbocycles. The van der Waals surface area contributed by atoms with Crippen molar-refractivity contribution in [3.8, 4) is 11.1 Å². The zero-order valence-corrected chi connectivity index (χ0v) is 23.2.